The maximum absolute atomic E-state index is 12.7. The van der Waals surface area contributed by atoms with Gasteiger partial charge < -0.3 is 4.42 Å². The standard InChI is InChI=1S/C21H22N2O2S/c1-12-8-13(2)10-18(9-12)20-22-23-21(25-20)26-16(5)19(24)17-7-6-14(3)15(4)11-17/h6-11,16H,1-5H3/t16-/m1/s1. The molecule has 0 N–H and O–H groups in total. The fourth-order valence-electron chi connectivity index (χ4n) is 2.81. The molecule has 3 rings (SSSR count). The van der Waals surface area contributed by atoms with E-state index in [-0.39, 0.29) is 11.0 Å². The number of nitrogens with zero attached hydrogens (tertiary/aromatic N) is 2. The number of thioether (sulfide) groups is 1. The molecule has 1 aromatic heterocycles. The number of carbonyl (C=O) groups is 1. The number of aryl methyl sites for hydroxylation is 4. The van der Waals surface area contributed by atoms with Gasteiger partial charge in [-0.3, -0.25) is 4.79 Å². The van der Waals surface area contributed by atoms with Gasteiger partial charge in [0.15, 0.2) is 5.78 Å². The van der Waals surface area contributed by atoms with Gasteiger partial charge in [-0.25, -0.2) is 0 Å². The van der Waals surface area contributed by atoms with Crippen molar-refractivity contribution in [3.63, 3.8) is 0 Å². The summed E-state index contributed by atoms with van der Waals surface area (Å²) in [5.74, 6) is 0.536. The lowest BCUT2D eigenvalue weighted by atomic mass is 10.0. The Morgan fingerprint density at radius 2 is 1.65 bits per heavy atom. The molecule has 4 nitrogen and oxygen atoms in total. The molecule has 3 aromatic rings. The topological polar surface area (TPSA) is 56.0 Å². The highest BCUT2D eigenvalue weighted by molar-refractivity contribution is 8.00. The van der Waals surface area contributed by atoms with Crippen LogP contribution in [0.5, 0.6) is 0 Å². The third-order valence-corrected chi connectivity index (χ3v) is 5.25. The van der Waals surface area contributed by atoms with Crippen molar-refractivity contribution >= 4 is 17.5 Å². The van der Waals surface area contributed by atoms with Gasteiger partial charge in [0, 0.05) is 11.1 Å². The van der Waals surface area contributed by atoms with Crippen LogP contribution in [0.25, 0.3) is 11.5 Å². The summed E-state index contributed by atoms with van der Waals surface area (Å²) in [6.07, 6.45) is 0. The summed E-state index contributed by atoms with van der Waals surface area (Å²) in [4.78, 5) is 12.7. The minimum Gasteiger partial charge on any atom is -0.411 e. The first-order valence-corrected chi connectivity index (χ1v) is 9.42. The van der Waals surface area contributed by atoms with Gasteiger partial charge in [0.25, 0.3) is 5.22 Å². The van der Waals surface area contributed by atoms with Gasteiger partial charge >= 0.3 is 0 Å². The molecule has 0 saturated carbocycles. The van der Waals surface area contributed by atoms with Gasteiger partial charge in [-0.2, -0.15) is 0 Å². The highest BCUT2D eigenvalue weighted by Gasteiger charge is 2.20. The summed E-state index contributed by atoms with van der Waals surface area (Å²) in [5, 5.41) is 8.33. The average molecular weight is 366 g/mol. The van der Waals surface area contributed by atoms with Crippen molar-refractivity contribution in [1.82, 2.24) is 10.2 Å². The summed E-state index contributed by atoms with van der Waals surface area (Å²) in [7, 11) is 0. The number of rotatable bonds is 5. The Bertz CT molecular complexity index is 942. The highest BCUT2D eigenvalue weighted by Crippen LogP contribution is 2.28. The average Bonchev–Trinajstić information content (AvgIpc) is 3.04. The fraction of sp³-hybridized carbons (Fsp3) is 0.286. The van der Waals surface area contributed by atoms with E-state index in [2.05, 4.69) is 16.3 Å². The number of benzene rings is 2. The minimum atomic E-state index is -0.301. The third-order valence-electron chi connectivity index (χ3n) is 4.31. The molecular formula is C21H22N2O2S. The molecule has 0 fully saturated rings. The monoisotopic (exact) mass is 366 g/mol. The van der Waals surface area contributed by atoms with E-state index in [1.54, 1.807) is 0 Å². The van der Waals surface area contributed by atoms with Crippen LogP contribution in [0.1, 0.15) is 39.5 Å². The fourth-order valence-corrected chi connectivity index (χ4v) is 3.57. The molecule has 1 atom stereocenters. The molecule has 0 amide bonds. The number of hydrogen-bond acceptors (Lipinski definition) is 5. The first-order valence-electron chi connectivity index (χ1n) is 8.54. The van der Waals surface area contributed by atoms with E-state index >= 15 is 0 Å². The molecule has 0 aliphatic heterocycles. The van der Waals surface area contributed by atoms with Gasteiger partial charge in [-0.1, -0.05) is 41.1 Å². The number of Topliss-reactive ketones (excluding diaryl/α,β-unsaturated/α-hetero) is 1. The largest absolute Gasteiger partial charge is 0.411 e. The summed E-state index contributed by atoms with van der Waals surface area (Å²) >= 11 is 1.29. The van der Waals surface area contributed by atoms with Crippen molar-refractivity contribution in [2.75, 3.05) is 0 Å². The zero-order valence-corrected chi connectivity index (χ0v) is 16.5. The van der Waals surface area contributed by atoms with Gasteiger partial charge in [-0.15, -0.1) is 10.2 Å². The Labute approximate surface area is 158 Å². The molecule has 134 valence electrons. The molecule has 0 bridgehead atoms. The number of carbonyl (C=O) groups excluding carboxylic acids is 1. The maximum atomic E-state index is 12.7. The van der Waals surface area contributed by atoms with Crippen molar-refractivity contribution in [1.29, 1.82) is 0 Å². The van der Waals surface area contributed by atoms with Crippen molar-refractivity contribution < 1.29 is 9.21 Å². The van der Waals surface area contributed by atoms with E-state index in [1.165, 1.54) is 17.3 Å². The normalized spacial score (nSPS) is 12.2. The van der Waals surface area contributed by atoms with E-state index < -0.39 is 0 Å². The molecular weight excluding hydrogens is 344 g/mol. The molecule has 0 saturated heterocycles. The Balaban J connectivity index is 1.75. The van der Waals surface area contributed by atoms with E-state index in [0.29, 0.717) is 16.7 Å². The van der Waals surface area contributed by atoms with E-state index in [0.717, 1.165) is 22.3 Å². The van der Waals surface area contributed by atoms with Crippen molar-refractivity contribution in [3.8, 4) is 11.5 Å². The second kappa shape index (κ2) is 7.46. The summed E-state index contributed by atoms with van der Waals surface area (Å²) in [6, 6.07) is 11.9. The van der Waals surface area contributed by atoms with E-state index in [1.807, 2.05) is 65.0 Å². The summed E-state index contributed by atoms with van der Waals surface area (Å²) < 4.78 is 5.77. The van der Waals surface area contributed by atoms with Gasteiger partial charge in [-0.05, 0) is 63.9 Å². The van der Waals surface area contributed by atoms with Crippen LogP contribution in [0, 0.1) is 27.7 Å². The molecule has 0 aliphatic rings. The van der Waals surface area contributed by atoms with Crippen LogP contribution in [0.2, 0.25) is 0 Å². The zero-order valence-electron chi connectivity index (χ0n) is 15.7. The van der Waals surface area contributed by atoms with Crippen molar-refractivity contribution in [2.45, 2.75) is 45.1 Å². The molecule has 0 aliphatic carbocycles. The predicted molar refractivity (Wildman–Crippen MR) is 105 cm³/mol. The maximum Gasteiger partial charge on any atom is 0.277 e. The van der Waals surface area contributed by atoms with Crippen LogP contribution >= 0.6 is 11.8 Å². The van der Waals surface area contributed by atoms with Crippen molar-refractivity contribution in [2.24, 2.45) is 0 Å². The Morgan fingerprint density at radius 3 is 2.31 bits per heavy atom. The lowest BCUT2D eigenvalue weighted by Crippen LogP contribution is -2.13. The van der Waals surface area contributed by atoms with Crippen molar-refractivity contribution in [3.05, 3.63) is 64.2 Å². The summed E-state index contributed by atoms with van der Waals surface area (Å²) in [6.45, 7) is 9.98. The van der Waals surface area contributed by atoms with Gasteiger partial charge in [0.05, 0.1) is 5.25 Å². The molecule has 26 heavy (non-hydrogen) atoms. The van der Waals surface area contributed by atoms with Crippen LogP contribution in [0.4, 0.5) is 0 Å². The SMILES string of the molecule is Cc1cc(C)cc(-c2nnc(S[C@H](C)C(=O)c3ccc(C)c(C)c3)o2)c1. The first kappa shape index (κ1) is 18.4. The number of aromatic nitrogens is 2. The molecule has 0 unspecified atom stereocenters. The Morgan fingerprint density at radius 1 is 0.962 bits per heavy atom. The third kappa shape index (κ3) is 4.05. The smallest absolute Gasteiger partial charge is 0.277 e. The van der Waals surface area contributed by atoms with Crippen LogP contribution in [0.3, 0.4) is 0 Å². The number of ketones is 1. The van der Waals surface area contributed by atoms with Crippen LogP contribution in [0.15, 0.2) is 46.0 Å². The quantitative estimate of drug-likeness (QED) is 0.451. The molecule has 5 heteroatoms. The molecule has 1 heterocycles. The van der Waals surface area contributed by atoms with Gasteiger partial charge in [0.2, 0.25) is 5.89 Å². The lowest BCUT2D eigenvalue weighted by Gasteiger charge is -2.09. The van der Waals surface area contributed by atoms with Crippen LogP contribution in [-0.2, 0) is 0 Å². The second-order valence-corrected chi connectivity index (χ2v) is 7.96. The Hall–Kier alpha value is -2.40. The van der Waals surface area contributed by atoms with Gasteiger partial charge in [0.1, 0.15) is 0 Å². The number of hydrogen-bond donors (Lipinski definition) is 0. The first-order chi connectivity index (χ1) is 12.3. The molecule has 0 radical (unpaired) electrons. The second-order valence-electron chi connectivity index (χ2n) is 6.67. The van der Waals surface area contributed by atoms with E-state index in [4.69, 9.17) is 4.42 Å². The van der Waals surface area contributed by atoms with Crippen LogP contribution in [-0.4, -0.2) is 21.2 Å². The molecule has 0 spiro atoms. The van der Waals surface area contributed by atoms with E-state index in [9.17, 15) is 4.79 Å². The van der Waals surface area contributed by atoms with Crippen LogP contribution < -0.4 is 0 Å². The molecule has 2 aromatic carbocycles. The lowest BCUT2D eigenvalue weighted by molar-refractivity contribution is 0.0993. The highest BCUT2D eigenvalue weighted by atomic mass is 32.2. The zero-order chi connectivity index (χ0) is 18.8. The Kier molecular flexibility index (Phi) is 5.28. The summed E-state index contributed by atoms with van der Waals surface area (Å²) in [5.41, 5.74) is 6.19. The predicted octanol–water partition coefficient (Wildman–Crippen LogP) is 5.33. The minimum absolute atomic E-state index is 0.0595.